The molecule has 3 aliphatic heterocycles. The number of rotatable bonds is 8. The zero-order chi connectivity index (χ0) is 29.9. The second-order valence-corrected chi connectivity index (χ2v) is 11.9. The number of likely N-dealkylation sites (tertiary alicyclic amines) is 1. The zero-order valence-electron chi connectivity index (χ0n) is 24.8. The molecule has 0 N–H and O–H groups in total. The predicted octanol–water partition coefficient (Wildman–Crippen LogP) is 4.81. The molecular weight excluding hydrogens is 546 g/mol. The molecule has 1 aromatic carbocycles. The number of fused-ring (bicyclic) bond motifs is 1. The Bertz CT molecular complexity index is 1300. The maximum atomic E-state index is 13.7. The van der Waals surface area contributed by atoms with Crippen molar-refractivity contribution in [3.05, 3.63) is 46.1 Å². The Hall–Kier alpha value is -3.47. The van der Waals surface area contributed by atoms with Gasteiger partial charge < -0.3 is 28.7 Å². The lowest BCUT2D eigenvalue weighted by Gasteiger charge is -2.38. The molecule has 3 aliphatic rings. The predicted molar refractivity (Wildman–Crippen MR) is 156 cm³/mol. The van der Waals surface area contributed by atoms with Crippen LogP contribution in [0.5, 0.6) is 11.5 Å². The number of piperidine rings is 1. The van der Waals surface area contributed by atoms with Crippen LogP contribution in [0.3, 0.4) is 0 Å². The monoisotopic (exact) mass is 585 g/mol. The summed E-state index contributed by atoms with van der Waals surface area (Å²) in [6.07, 6.45) is 1.50. The third-order valence-electron chi connectivity index (χ3n) is 7.07. The maximum absolute atomic E-state index is 13.7. The van der Waals surface area contributed by atoms with Crippen LogP contribution in [-0.2, 0) is 23.9 Å². The van der Waals surface area contributed by atoms with Gasteiger partial charge in [-0.05, 0) is 58.9 Å². The van der Waals surface area contributed by atoms with Crippen LogP contribution in [0.4, 0.5) is 0 Å². The number of hydrogen-bond donors (Lipinski definition) is 0. The number of ether oxygens (including phenoxy) is 4. The lowest BCUT2D eigenvalue weighted by atomic mass is 9.92. The number of amidine groups is 1. The minimum atomic E-state index is -0.727. The number of amides is 1. The topological polar surface area (TPSA) is 107 Å². The number of para-hydroxylation sites is 1. The molecule has 0 unspecified atom stereocenters. The summed E-state index contributed by atoms with van der Waals surface area (Å²) in [7, 11) is 3.11. The molecule has 1 aromatic rings. The van der Waals surface area contributed by atoms with Crippen LogP contribution < -0.4 is 9.47 Å². The fourth-order valence-electron chi connectivity index (χ4n) is 5.31. The molecule has 1 amide bonds. The molecule has 4 rings (SSSR count). The second kappa shape index (κ2) is 12.6. The zero-order valence-corrected chi connectivity index (χ0v) is 25.6. The van der Waals surface area contributed by atoms with Crippen LogP contribution in [0.2, 0.25) is 0 Å². The van der Waals surface area contributed by atoms with Crippen LogP contribution in [0.15, 0.2) is 45.6 Å². The first kappa shape index (κ1) is 30.5. The molecule has 0 saturated carbocycles. The summed E-state index contributed by atoms with van der Waals surface area (Å²) >= 11 is 1.40. The summed E-state index contributed by atoms with van der Waals surface area (Å²) in [5.74, 6) is -0.200. The normalized spacial score (nSPS) is 20.7. The van der Waals surface area contributed by atoms with Gasteiger partial charge in [0.1, 0.15) is 5.60 Å². The Morgan fingerprint density at radius 1 is 1.15 bits per heavy atom. The Morgan fingerprint density at radius 3 is 2.56 bits per heavy atom. The summed E-state index contributed by atoms with van der Waals surface area (Å²) in [5.41, 5.74) is 1.54. The van der Waals surface area contributed by atoms with Gasteiger partial charge in [-0.15, -0.1) is 0 Å². The molecule has 10 nitrogen and oxygen atoms in total. The van der Waals surface area contributed by atoms with Gasteiger partial charge in [-0.25, -0.2) is 9.79 Å². The van der Waals surface area contributed by atoms with Crippen molar-refractivity contribution in [2.24, 2.45) is 10.9 Å². The number of aliphatic imine (C=N–C) groups is 1. The summed E-state index contributed by atoms with van der Waals surface area (Å²) in [6.45, 7) is 10.2. The molecule has 0 bridgehead atoms. The van der Waals surface area contributed by atoms with Gasteiger partial charge >= 0.3 is 11.9 Å². The van der Waals surface area contributed by atoms with Crippen molar-refractivity contribution in [1.82, 2.24) is 9.80 Å². The van der Waals surface area contributed by atoms with Crippen LogP contribution in [0.1, 0.15) is 65.5 Å². The quantitative estimate of drug-likeness (QED) is 0.397. The molecule has 3 heterocycles. The van der Waals surface area contributed by atoms with Gasteiger partial charge in [0.05, 0.1) is 50.5 Å². The first-order valence-corrected chi connectivity index (χ1v) is 14.7. The van der Waals surface area contributed by atoms with E-state index in [1.807, 2.05) is 43.2 Å². The van der Waals surface area contributed by atoms with E-state index in [2.05, 4.69) is 0 Å². The van der Waals surface area contributed by atoms with Crippen LogP contribution >= 0.6 is 11.8 Å². The average molecular weight is 586 g/mol. The number of methoxy groups -OCH3 is 2. The van der Waals surface area contributed by atoms with Crippen molar-refractivity contribution in [3.63, 3.8) is 0 Å². The van der Waals surface area contributed by atoms with Gasteiger partial charge in [0.15, 0.2) is 16.7 Å². The number of benzene rings is 1. The van der Waals surface area contributed by atoms with Gasteiger partial charge in [0.25, 0.3) is 0 Å². The van der Waals surface area contributed by atoms with Gasteiger partial charge in [-0.2, -0.15) is 0 Å². The molecule has 0 aromatic heterocycles. The van der Waals surface area contributed by atoms with E-state index in [0.29, 0.717) is 65.3 Å². The SMILES string of the molecule is CCOC(=O)[C@@H]1CCCN(C(=O)CC2=CSC3=NC(C)=C(C(=O)OC(C)(C)C)[C@H](c4cccc(OC)c4OC)N23)C1. The van der Waals surface area contributed by atoms with Gasteiger partial charge in [0, 0.05) is 24.4 Å². The smallest absolute Gasteiger partial charge is 0.338 e. The lowest BCUT2D eigenvalue weighted by Crippen LogP contribution is -2.44. The van der Waals surface area contributed by atoms with Crippen LogP contribution in [0.25, 0.3) is 0 Å². The molecular formula is C30H39N3O7S. The molecule has 41 heavy (non-hydrogen) atoms. The fourth-order valence-corrected chi connectivity index (χ4v) is 6.27. The average Bonchev–Trinajstić information content (AvgIpc) is 3.32. The highest BCUT2D eigenvalue weighted by molar-refractivity contribution is 8.16. The summed E-state index contributed by atoms with van der Waals surface area (Å²) in [5, 5.41) is 2.55. The molecule has 11 heteroatoms. The van der Waals surface area contributed by atoms with Crippen LogP contribution in [0, 0.1) is 5.92 Å². The molecule has 0 aliphatic carbocycles. The molecule has 1 fully saturated rings. The van der Waals surface area contributed by atoms with E-state index in [-0.39, 0.29) is 24.2 Å². The summed E-state index contributed by atoms with van der Waals surface area (Å²) in [6, 6.07) is 4.83. The molecule has 1 saturated heterocycles. The number of nitrogens with zero attached hydrogens (tertiary/aromatic N) is 3. The standard InChI is InChI=1S/C30H39N3O7S/c1-8-39-27(35)19-11-10-14-32(16-19)23(34)15-20-17-41-29-31-18(2)24(28(36)40-30(3,4)5)25(33(20)29)21-12-9-13-22(37-6)26(21)38-7/h9,12-13,17,19,25H,8,10-11,14-16H2,1-7H3/t19-,25+/m1/s1. The highest BCUT2D eigenvalue weighted by atomic mass is 32.2. The third-order valence-corrected chi connectivity index (χ3v) is 7.96. The minimum Gasteiger partial charge on any atom is -0.493 e. The molecule has 0 spiro atoms. The summed E-state index contributed by atoms with van der Waals surface area (Å²) in [4.78, 5) is 48.1. The maximum Gasteiger partial charge on any atom is 0.338 e. The van der Waals surface area contributed by atoms with E-state index in [1.54, 1.807) is 39.0 Å². The van der Waals surface area contributed by atoms with E-state index in [9.17, 15) is 14.4 Å². The second-order valence-electron chi connectivity index (χ2n) is 11.1. The Kier molecular flexibility index (Phi) is 9.36. The van der Waals surface area contributed by atoms with E-state index < -0.39 is 17.6 Å². The number of esters is 2. The van der Waals surface area contributed by atoms with Crippen molar-refractivity contribution >= 4 is 34.8 Å². The van der Waals surface area contributed by atoms with Gasteiger partial charge in [0.2, 0.25) is 5.91 Å². The van der Waals surface area contributed by atoms with Gasteiger partial charge in [-0.1, -0.05) is 23.9 Å². The summed E-state index contributed by atoms with van der Waals surface area (Å²) < 4.78 is 22.4. The van der Waals surface area contributed by atoms with Crippen molar-refractivity contribution in [1.29, 1.82) is 0 Å². The number of hydrogen-bond acceptors (Lipinski definition) is 10. The first-order valence-electron chi connectivity index (χ1n) is 13.8. The molecule has 2 atom stereocenters. The largest absolute Gasteiger partial charge is 0.493 e. The molecule has 222 valence electrons. The fraction of sp³-hybridized carbons (Fsp3) is 0.533. The lowest BCUT2D eigenvalue weighted by molar-refractivity contribution is -0.152. The Morgan fingerprint density at radius 2 is 1.90 bits per heavy atom. The van der Waals surface area contributed by atoms with Crippen molar-refractivity contribution in [3.8, 4) is 11.5 Å². The first-order chi connectivity index (χ1) is 19.5. The van der Waals surface area contributed by atoms with E-state index in [1.165, 1.54) is 11.8 Å². The highest BCUT2D eigenvalue weighted by Crippen LogP contribution is 2.49. The van der Waals surface area contributed by atoms with Gasteiger partial charge in [-0.3, -0.25) is 9.59 Å². The minimum absolute atomic E-state index is 0.0744. The van der Waals surface area contributed by atoms with E-state index in [4.69, 9.17) is 23.9 Å². The van der Waals surface area contributed by atoms with Crippen molar-refractivity contribution in [2.75, 3.05) is 33.9 Å². The number of carbonyl (C=O) groups excluding carboxylic acids is 3. The highest BCUT2D eigenvalue weighted by Gasteiger charge is 2.44. The molecule has 0 radical (unpaired) electrons. The van der Waals surface area contributed by atoms with E-state index in [0.717, 1.165) is 6.42 Å². The number of thioether (sulfide) groups is 1. The number of allylic oxidation sites excluding steroid dienone is 1. The number of carbonyl (C=O) groups is 3. The van der Waals surface area contributed by atoms with Crippen molar-refractivity contribution in [2.45, 2.75) is 65.5 Å². The van der Waals surface area contributed by atoms with E-state index >= 15 is 0 Å². The Balaban J connectivity index is 1.70. The van der Waals surface area contributed by atoms with Crippen molar-refractivity contribution < 1.29 is 33.3 Å². The Labute approximate surface area is 245 Å². The van der Waals surface area contributed by atoms with Crippen LogP contribution in [-0.4, -0.2) is 72.3 Å². The third kappa shape index (κ3) is 6.55.